The first-order valence-electron chi connectivity index (χ1n) is 14.6. The second-order valence-corrected chi connectivity index (χ2v) is 14.7. The number of carbonyl (C=O) groups excluding carboxylic acids is 1. The number of ether oxygens (including phenoxy) is 1. The van der Waals surface area contributed by atoms with Crippen molar-refractivity contribution in [3.8, 4) is 10.6 Å². The second-order valence-electron chi connectivity index (χ2n) is 11.7. The van der Waals surface area contributed by atoms with E-state index in [0.717, 1.165) is 46.2 Å². The number of rotatable bonds is 8. The maximum Gasteiger partial charge on any atom is 0.417 e. The first kappa shape index (κ1) is 32.2. The average molecular weight is 652 g/mol. The Labute approximate surface area is 259 Å². The van der Waals surface area contributed by atoms with E-state index < -0.39 is 27.4 Å². The Balaban J connectivity index is 1.17. The minimum atomic E-state index is -4.45. The number of thiazole rings is 1. The van der Waals surface area contributed by atoms with Gasteiger partial charge in [0.2, 0.25) is 10.0 Å². The molecule has 0 bridgehead atoms. The quantitative estimate of drug-likeness (QED) is 0.294. The Morgan fingerprint density at radius 1 is 1.09 bits per heavy atom. The van der Waals surface area contributed by atoms with Gasteiger partial charge in [0.25, 0.3) is 0 Å². The van der Waals surface area contributed by atoms with Crippen molar-refractivity contribution in [3.63, 3.8) is 0 Å². The molecule has 0 spiro atoms. The number of halogens is 3. The van der Waals surface area contributed by atoms with Crippen LogP contribution in [0.25, 0.3) is 10.6 Å². The predicted molar refractivity (Wildman–Crippen MR) is 162 cm³/mol. The molecule has 2 aromatic heterocycles. The summed E-state index contributed by atoms with van der Waals surface area (Å²) in [4.78, 5) is 24.3. The molecule has 1 saturated heterocycles. The minimum absolute atomic E-state index is 0.107. The van der Waals surface area contributed by atoms with Gasteiger partial charge in [-0.3, -0.25) is 0 Å². The summed E-state index contributed by atoms with van der Waals surface area (Å²) >= 11 is 1.49. The Morgan fingerprint density at radius 2 is 1.80 bits per heavy atom. The highest BCUT2D eigenvalue weighted by Crippen LogP contribution is 2.34. The van der Waals surface area contributed by atoms with Gasteiger partial charge in [0.05, 0.1) is 22.7 Å². The molecule has 14 heteroatoms. The molecule has 2 aliphatic heterocycles. The van der Waals surface area contributed by atoms with Crippen LogP contribution in [0.1, 0.15) is 62.6 Å². The number of anilines is 1. The van der Waals surface area contributed by atoms with Crippen molar-refractivity contribution < 1.29 is 31.1 Å². The zero-order valence-electron chi connectivity index (χ0n) is 24.9. The summed E-state index contributed by atoms with van der Waals surface area (Å²) in [6.45, 7) is 7.40. The summed E-state index contributed by atoms with van der Waals surface area (Å²) in [5, 5.41) is 3.87. The molecule has 44 heavy (non-hydrogen) atoms. The van der Waals surface area contributed by atoms with Crippen LogP contribution >= 0.6 is 11.3 Å². The normalized spacial score (nSPS) is 16.9. The van der Waals surface area contributed by atoms with Crippen LogP contribution < -0.4 is 5.32 Å². The summed E-state index contributed by atoms with van der Waals surface area (Å²) < 4.78 is 72.2. The van der Waals surface area contributed by atoms with E-state index in [-0.39, 0.29) is 30.1 Å². The van der Waals surface area contributed by atoms with E-state index in [1.807, 2.05) is 13.8 Å². The fourth-order valence-electron chi connectivity index (χ4n) is 5.44. The van der Waals surface area contributed by atoms with Crippen molar-refractivity contribution in [1.82, 2.24) is 19.2 Å². The molecule has 1 N–H and O–H groups in total. The molecule has 2 aliphatic rings. The molecule has 9 nitrogen and oxygen atoms in total. The van der Waals surface area contributed by atoms with Gasteiger partial charge in [-0.2, -0.15) is 17.5 Å². The molecule has 0 unspecified atom stereocenters. The maximum atomic E-state index is 13.4. The van der Waals surface area contributed by atoms with Gasteiger partial charge in [-0.1, -0.05) is 25.5 Å². The van der Waals surface area contributed by atoms with Crippen molar-refractivity contribution in [2.24, 2.45) is 0 Å². The molecule has 1 aromatic carbocycles. The third kappa shape index (κ3) is 7.35. The van der Waals surface area contributed by atoms with Gasteiger partial charge >= 0.3 is 12.3 Å². The Morgan fingerprint density at radius 3 is 2.41 bits per heavy atom. The lowest BCUT2D eigenvalue weighted by molar-refractivity contribution is -0.137. The molecule has 4 heterocycles. The summed E-state index contributed by atoms with van der Waals surface area (Å²) in [6.07, 6.45) is -0.674. The van der Waals surface area contributed by atoms with Crippen LogP contribution in [0.3, 0.4) is 0 Å². The first-order chi connectivity index (χ1) is 20.7. The van der Waals surface area contributed by atoms with Crippen LogP contribution in [-0.4, -0.2) is 65.0 Å². The first-order valence-corrected chi connectivity index (χ1v) is 16.9. The monoisotopic (exact) mass is 651 g/mol. The number of benzene rings is 1. The Hall–Kier alpha value is -3.23. The molecule has 0 aliphatic carbocycles. The van der Waals surface area contributed by atoms with Crippen LogP contribution in [0, 0.1) is 0 Å². The number of alkyl halides is 3. The zero-order chi connectivity index (χ0) is 31.7. The SMILES string of the molecule is CCCC(C)(C)OC(=O)N1CCc2nc(-c3ccc(S(=O)(=O)N4CCC(Nc5ccc(C(F)(F)F)cn5)CC4)cc3)sc2C1. The molecule has 3 aromatic rings. The number of amides is 1. The Bertz CT molecular complexity index is 1570. The van der Waals surface area contributed by atoms with Gasteiger partial charge in [-0.05, 0) is 57.4 Å². The van der Waals surface area contributed by atoms with E-state index in [1.54, 1.807) is 29.2 Å². The summed E-state index contributed by atoms with van der Waals surface area (Å²) in [6, 6.07) is 8.82. The fraction of sp³-hybridized carbons (Fsp3) is 0.500. The van der Waals surface area contributed by atoms with Crippen molar-refractivity contribution in [1.29, 1.82) is 0 Å². The van der Waals surface area contributed by atoms with Gasteiger partial charge in [-0.25, -0.2) is 23.2 Å². The number of pyridine rings is 1. The largest absolute Gasteiger partial charge is 0.443 e. The Kier molecular flexibility index (Phi) is 9.24. The highest BCUT2D eigenvalue weighted by Gasteiger charge is 2.33. The van der Waals surface area contributed by atoms with Gasteiger partial charge in [-0.15, -0.1) is 11.3 Å². The number of piperidine rings is 1. The van der Waals surface area contributed by atoms with Crippen LogP contribution in [-0.2, 0) is 33.9 Å². The molecular weight excluding hydrogens is 615 g/mol. The number of nitrogens with zero attached hydrogens (tertiary/aromatic N) is 4. The van der Waals surface area contributed by atoms with E-state index in [0.29, 0.717) is 38.2 Å². The summed E-state index contributed by atoms with van der Waals surface area (Å²) in [5.74, 6) is 0.322. The van der Waals surface area contributed by atoms with Crippen LogP contribution in [0.5, 0.6) is 0 Å². The van der Waals surface area contributed by atoms with Crippen LogP contribution in [0.15, 0.2) is 47.5 Å². The standard InChI is InChI=1S/C30H36F3N5O4S2/c1-4-14-29(2,3)42-28(39)37-15-13-24-25(19-37)43-27(36-24)20-5-8-23(9-6-20)44(40,41)38-16-11-22(12-17-38)35-26-10-7-21(18-34-26)30(31,32)33/h5-10,18,22H,4,11-17,19H2,1-3H3,(H,34,35). The molecule has 0 saturated carbocycles. The fourth-order valence-corrected chi connectivity index (χ4v) is 8.04. The maximum absolute atomic E-state index is 13.4. The number of hydrogen-bond donors (Lipinski definition) is 1. The van der Waals surface area contributed by atoms with Crippen molar-refractivity contribution in [2.45, 2.75) is 82.1 Å². The van der Waals surface area contributed by atoms with Crippen molar-refractivity contribution in [3.05, 3.63) is 58.7 Å². The molecule has 0 atom stereocenters. The number of carbonyl (C=O) groups is 1. The van der Waals surface area contributed by atoms with Gasteiger partial charge in [0.1, 0.15) is 16.4 Å². The third-order valence-corrected chi connectivity index (χ3v) is 10.9. The van der Waals surface area contributed by atoms with E-state index in [9.17, 15) is 26.4 Å². The number of fused-ring (bicyclic) bond motifs is 1. The zero-order valence-corrected chi connectivity index (χ0v) is 26.5. The molecule has 238 valence electrons. The molecule has 5 rings (SSSR count). The van der Waals surface area contributed by atoms with Gasteiger partial charge in [0, 0.05) is 48.7 Å². The third-order valence-electron chi connectivity index (χ3n) is 7.84. The summed E-state index contributed by atoms with van der Waals surface area (Å²) in [5.41, 5.74) is 0.405. The highest BCUT2D eigenvalue weighted by atomic mass is 32.2. The van der Waals surface area contributed by atoms with Crippen molar-refractivity contribution in [2.75, 3.05) is 25.0 Å². The van der Waals surface area contributed by atoms with Gasteiger partial charge in [0.15, 0.2) is 0 Å². The lowest BCUT2D eigenvalue weighted by Gasteiger charge is -2.32. The number of aromatic nitrogens is 2. The molecule has 1 amide bonds. The van der Waals surface area contributed by atoms with Gasteiger partial charge < -0.3 is 15.0 Å². The number of nitrogens with one attached hydrogen (secondary N) is 1. The van der Waals surface area contributed by atoms with E-state index in [1.165, 1.54) is 21.7 Å². The summed E-state index contributed by atoms with van der Waals surface area (Å²) in [7, 11) is -3.73. The average Bonchev–Trinajstić information content (AvgIpc) is 3.41. The molecule has 0 radical (unpaired) electrons. The number of sulfonamides is 1. The van der Waals surface area contributed by atoms with Crippen LogP contribution in [0.4, 0.5) is 23.8 Å². The predicted octanol–water partition coefficient (Wildman–Crippen LogP) is 6.56. The van der Waals surface area contributed by atoms with E-state index >= 15 is 0 Å². The van der Waals surface area contributed by atoms with E-state index in [4.69, 9.17) is 9.72 Å². The second kappa shape index (κ2) is 12.6. The molecular formula is C30H36F3N5O4S2. The minimum Gasteiger partial charge on any atom is -0.443 e. The topological polar surface area (TPSA) is 105 Å². The lowest BCUT2D eigenvalue weighted by atomic mass is 10.0. The smallest absolute Gasteiger partial charge is 0.417 e. The lowest BCUT2D eigenvalue weighted by Crippen LogP contribution is -2.42. The van der Waals surface area contributed by atoms with Crippen LogP contribution in [0.2, 0.25) is 0 Å². The van der Waals surface area contributed by atoms with Crippen molar-refractivity contribution >= 4 is 33.3 Å². The molecule has 1 fully saturated rings. The number of hydrogen-bond acceptors (Lipinski definition) is 8. The highest BCUT2D eigenvalue weighted by molar-refractivity contribution is 7.89. The van der Waals surface area contributed by atoms with E-state index in [2.05, 4.69) is 17.2 Å².